The molecule has 2 aromatic carbocycles. The van der Waals surface area contributed by atoms with Gasteiger partial charge in [-0.15, -0.1) is 0 Å². The van der Waals surface area contributed by atoms with E-state index in [1.54, 1.807) is 11.9 Å². The van der Waals surface area contributed by atoms with Gasteiger partial charge in [0.1, 0.15) is 0 Å². The van der Waals surface area contributed by atoms with Crippen LogP contribution in [0.15, 0.2) is 23.1 Å². The van der Waals surface area contributed by atoms with Crippen molar-refractivity contribution in [3.05, 3.63) is 56.6 Å². The molecule has 140 valence electrons. The maximum Gasteiger partial charge on any atom is 0.0997 e. The third-order valence-corrected chi connectivity index (χ3v) is 6.64. The molecule has 0 atom stereocenters. The van der Waals surface area contributed by atoms with Crippen LogP contribution in [-0.4, -0.2) is 0 Å². The fraction of sp³-hybridized carbons (Fsp3) is 0.409. The van der Waals surface area contributed by atoms with Crippen molar-refractivity contribution in [1.29, 1.82) is 5.26 Å². The monoisotopic (exact) mass is 397 g/mol. The summed E-state index contributed by atoms with van der Waals surface area (Å²) in [7, 11) is 0. The van der Waals surface area contributed by atoms with Crippen LogP contribution in [-0.2, 0) is 31.2 Å². The van der Waals surface area contributed by atoms with Gasteiger partial charge in [-0.05, 0) is 110 Å². The van der Waals surface area contributed by atoms with E-state index in [1.165, 1.54) is 27.9 Å². The van der Waals surface area contributed by atoms with Crippen molar-refractivity contribution in [2.24, 2.45) is 5.73 Å². The molecule has 0 unspecified atom stereocenters. The summed E-state index contributed by atoms with van der Waals surface area (Å²) in [4.78, 5) is 1.05. The van der Waals surface area contributed by atoms with Crippen LogP contribution in [0, 0.1) is 11.3 Å². The molecule has 2 aliphatic carbocycles. The van der Waals surface area contributed by atoms with E-state index in [0.717, 1.165) is 54.5 Å². The van der Waals surface area contributed by atoms with Gasteiger partial charge in [0.2, 0.25) is 0 Å². The minimum absolute atomic E-state index is 0.433. The number of halogens is 1. The Morgan fingerprint density at radius 1 is 1.04 bits per heavy atom. The zero-order chi connectivity index (χ0) is 19.2. The Kier molecular flexibility index (Phi) is 4.88. The average Bonchev–Trinajstić information content (AvgIpc) is 3.26. The molecule has 0 fully saturated rings. The predicted molar refractivity (Wildman–Crippen MR) is 113 cm³/mol. The smallest absolute Gasteiger partial charge is 0.0997 e. The molecule has 27 heavy (non-hydrogen) atoms. The van der Waals surface area contributed by atoms with Gasteiger partial charge in [-0.1, -0.05) is 11.6 Å². The summed E-state index contributed by atoms with van der Waals surface area (Å²) < 4.78 is 3.63. The summed E-state index contributed by atoms with van der Waals surface area (Å²) in [6, 6.07) is 8.50. The van der Waals surface area contributed by atoms with Crippen molar-refractivity contribution in [3.8, 4) is 6.07 Å². The molecule has 0 radical (unpaired) electrons. The molecule has 0 saturated carbocycles. The van der Waals surface area contributed by atoms with Crippen LogP contribution in [0.1, 0.15) is 60.1 Å². The molecular weight excluding hydrogens is 374 g/mol. The second-order valence-corrected chi connectivity index (χ2v) is 9.40. The maximum atomic E-state index is 9.70. The first-order valence-electron chi connectivity index (χ1n) is 9.51. The van der Waals surface area contributed by atoms with Gasteiger partial charge in [-0.3, -0.25) is 0 Å². The van der Waals surface area contributed by atoms with E-state index in [2.05, 4.69) is 16.9 Å². The minimum atomic E-state index is -0.433. The lowest BCUT2D eigenvalue weighted by atomic mass is 9.93. The second kappa shape index (κ2) is 7.05. The minimum Gasteiger partial charge on any atom is -0.325 e. The Labute approximate surface area is 170 Å². The zero-order valence-corrected chi connectivity index (χ0v) is 17.4. The molecule has 2 aromatic rings. The van der Waals surface area contributed by atoms with Gasteiger partial charge >= 0.3 is 0 Å². The van der Waals surface area contributed by atoms with Crippen molar-refractivity contribution < 1.29 is 0 Å². The highest BCUT2D eigenvalue weighted by molar-refractivity contribution is 8.00. The fourth-order valence-corrected chi connectivity index (χ4v) is 5.45. The Balaban J connectivity index is 1.70. The molecule has 0 saturated heterocycles. The van der Waals surface area contributed by atoms with Crippen LogP contribution in [0.5, 0.6) is 0 Å². The van der Waals surface area contributed by atoms with Crippen LogP contribution in [0.2, 0.25) is 5.02 Å². The Bertz CT molecular complexity index is 918. The van der Waals surface area contributed by atoms with Gasteiger partial charge in [0.05, 0.1) is 17.3 Å². The SMILES string of the molecule is CC(C)(N)c1cc(Cl)cc(SNc2c3c(c(C#N)c4c2CCC4)CCC3)c1. The van der Waals surface area contributed by atoms with Crippen molar-refractivity contribution >= 4 is 29.2 Å². The molecule has 3 N–H and O–H groups in total. The molecule has 4 rings (SSSR count). The van der Waals surface area contributed by atoms with E-state index in [0.29, 0.717) is 5.02 Å². The number of fused-ring (bicyclic) bond motifs is 2. The number of nitrogens with one attached hydrogen (secondary N) is 1. The zero-order valence-electron chi connectivity index (χ0n) is 15.8. The number of nitriles is 1. The van der Waals surface area contributed by atoms with Crippen LogP contribution < -0.4 is 10.5 Å². The fourth-order valence-electron chi connectivity index (χ4n) is 4.32. The Morgan fingerprint density at radius 2 is 1.63 bits per heavy atom. The standard InChI is InChI=1S/C22H24ClN3S/c1-22(2,25)13-9-14(23)11-15(10-13)27-26-21-18-7-3-5-16(18)20(12-24)17-6-4-8-19(17)21/h9-11,26H,3-8,25H2,1-2H3. The first-order valence-corrected chi connectivity index (χ1v) is 10.7. The molecule has 3 nitrogen and oxygen atoms in total. The quantitative estimate of drug-likeness (QED) is 0.668. The summed E-state index contributed by atoms with van der Waals surface area (Å²) in [5, 5.41) is 10.4. The van der Waals surface area contributed by atoms with Gasteiger partial charge in [-0.2, -0.15) is 5.26 Å². The van der Waals surface area contributed by atoms with Crippen LogP contribution in [0.4, 0.5) is 5.69 Å². The largest absolute Gasteiger partial charge is 0.325 e. The predicted octanol–water partition coefficient (Wildman–Crippen LogP) is 5.50. The normalized spacial score (nSPS) is 15.4. The molecule has 5 heteroatoms. The number of nitrogens with two attached hydrogens (primary N) is 1. The van der Waals surface area contributed by atoms with E-state index in [1.807, 2.05) is 26.0 Å². The summed E-state index contributed by atoms with van der Waals surface area (Å²) in [5.41, 5.74) is 14.3. The highest BCUT2D eigenvalue weighted by atomic mass is 35.5. The number of hydrogen-bond donors (Lipinski definition) is 2. The van der Waals surface area contributed by atoms with Crippen molar-refractivity contribution in [2.45, 2.75) is 62.8 Å². The summed E-state index contributed by atoms with van der Waals surface area (Å²) in [5.74, 6) is 0. The van der Waals surface area contributed by atoms with Gasteiger partial charge in [-0.25, -0.2) is 0 Å². The average molecular weight is 398 g/mol. The number of benzene rings is 2. The molecule has 0 amide bonds. The third-order valence-electron chi connectivity index (χ3n) is 5.64. The van der Waals surface area contributed by atoms with Gasteiger partial charge in [0.15, 0.2) is 0 Å². The molecule has 0 bridgehead atoms. The van der Waals surface area contributed by atoms with Crippen LogP contribution >= 0.6 is 23.5 Å². The Hall–Kier alpha value is -1.67. The van der Waals surface area contributed by atoms with Crippen molar-refractivity contribution in [2.75, 3.05) is 4.72 Å². The highest BCUT2D eigenvalue weighted by Gasteiger charge is 2.28. The summed E-state index contributed by atoms with van der Waals surface area (Å²) in [6.45, 7) is 3.97. The van der Waals surface area contributed by atoms with Gasteiger partial charge in [0.25, 0.3) is 0 Å². The van der Waals surface area contributed by atoms with Crippen LogP contribution in [0.3, 0.4) is 0 Å². The van der Waals surface area contributed by atoms with E-state index < -0.39 is 5.54 Å². The van der Waals surface area contributed by atoms with E-state index >= 15 is 0 Å². The first kappa shape index (κ1) is 18.7. The number of hydrogen-bond acceptors (Lipinski definition) is 4. The van der Waals surface area contributed by atoms with E-state index in [4.69, 9.17) is 17.3 Å². The van der Waals surface area contributed by atoms with Gasteiger partial charge in [0, 0.05) is 15.5 Å². The topological polar surface area (TPSA) is 61.8 Å². The molecule has 0 spiro atoms. The maximum absolute atomic E-state index is 9.70. The van der Waals surface area contributed by atoms with Crippen LogP contribution in [0.25, 0.3) is 0 Å². The first-order chi connectivity index (χ1) is 12.9. The number of rotatable bonds is 4. The second-order valence-electron chi connectivity index (χ2n) is 8.08. The van der Waals surface area contributed by atoms with E-state index in [-0.39, 0.29) is 0 Å². The lowest BCUT2D eigenvalue weighted by Crippen LogP contribution is -2.28. The summed E-state index contributed by atoms with van der Waals surface area (Å²) >= 11 is 7.92. The lowest BCUT2D eigenvalue weighted by Gasteiger charge is -2.21. The van der Waals surface area contributed by atoms with Crippen molar-refractivity contribution in [3.63, 3.8) is 0 Å². The summed E-state index contributed by atoms with van der Waals surface area (Å²) in [6.07, 6.45) is 6.42. The number of anilines is 1. The molecule has 0 aliphatic heterocycles. The number of nitrogens with zero attached hydrogens (tertiary/aromatic N) is 1. The molecule has 0 aromatic heterocycles. The van der Waals surface area contributed by atoms with Crippen molar-refractivity contribution in [1.82, 2.24) is 0 Å². The molecule has 0 heterocycles. The Morgan fingerprint density at radius 3 is 2.19 bits per heavy atom. The van der Waals surface area contributed by atoms with Gasteiger partial charge < -0.3 is 10.5 Å². The third kappa shape index (κ3) is 3.45. The van der Waals surface area contributed by atoms with E-state index in [9.17, 15) is 5.26 Å². The molecule has 2 aliphatic rings. The lowest BCUT2D eigenvalue weighted by molar-refractivity contribution is 0.553. The molecular formula is C22H24ClN3S. The highest BCUT2D eigenvalue weighted by Crippen LogP contribution is 2.43.